The van der Waals surface area contributed by atoms with Crippen LogP contribution in [0, 0.1) is 5.92 Å². The maximum Gasteiger partial charge on any atom is 0.494 e. The van der Waals surface area contributed by atoms with E-state index < -0.39 is 18.8 Å². The smallest absolute Gasteiger partial charge is 0.444 e. The van der Waals surface area contributed by atoms with E-state index in [4.69, 9.17) is 19.0 Å². The average molecular weight is 428 g/mol. The summed E-state index contributed by atoms with van der Waals surface area (Å²) in [5.74, 6) is 0.409. The van der Waals surface area contributed by atoms with Gasteiger partial charge in [0, 0.05) is 12.1 Å². The average Bonchev–Trinajstić information content (AvgIpc) is 3.09. The second-order valence-electron chi connectivity index (χ2n) is 11.1. The predicted octanol–water partition coefficient (Wildman–Crippen LogP) is 4.55. The summed E-state index contributed by atoms with van der Waals surface area (Å²) in [7, 11) is -0.398. The number of carbonyl (C=O) groups is 1. The van der Waals surface area contributed by atoms with Crippen LogP contribution in [0.5, 0.6) is 0 Å². The minimum atomic E-state index is -0.537. The monoisotopic (exact) mass is 428 g/mol. The Morgan fingerprint density at radius 2 is 1.81 bits per heavy atom. The number of alkyl carbamates (subject to hydrolysis) is 1. The zero-order valence-electron chi connectivity index (χ0n) is 20.5. The third kappa shape index (κ3) is 5.50. The third-order valence-electron chi connectivity index (χ3n) is 6.06. The fourth-order valence-corrected chi connectivity index (χ4v) is 3.77. The number of fused-ring (bicyclic) bond motifs is 1. The van der Waals surface area contributed by atoms with Crippen LogP contribution in [0.25, 0.3) is 0 Å². The van der Waals surface area contributed by atoms with Crippen LogP contribution in [0.1, 0.15) is 74.3 Å². The summed E-state index contributed by atoms with van der Waals surface area (Å²) in [6.45, 7) is 18.1. The molecular formula is C24H37BN2O4. The molecule has 2 aliphatic heterocycles. The van der Waals surface area contributed by atoms with Crippen LogP contribution in [0.3, 0.4) is 0 Å². The molecule has 0 aliphatic carbocycles. The fraction of sp³-hybridized carbons (Fsp3) is 0.667. The minimum Gasteiger partial charge on any atom is -0.444 e. The number of rotatable bonds is 5. The number of hydrogen-bond donors (Lipinski definition) is 1. The first-order valence-corrected chi connectivity index (χ1v) is 11.2. The molecule has 0 aromatic heterocycles. The van der Waals surface area contributed by atoms with Crippen molar-refractivity contribution < 1.29 is 18.8 Å². The van der Waals surface area contributed by atoms with Crippen LogP contribution in [-0.4, -0.2) is 41.8 Å². The molecule has 31 heavy (non-hydrogen) atoms. The molecule has 2 heterocycles. The van der Waals surface area contributed by atoms with Crippen LogP contribution < -0.4 is 10.8 Å². The Morgan fingerprint density at radius 3 is 2.35 bits per heavy atom. The van der Waals surface area contributed by atoms with Crippen molar-refractivity contribution in [2.24, 2.45) is 10.9 Å². The first-order valence-electron chi connectivity index (χ1n) is 11.2. The Hall–Kier alpha value is -1.86. The van der Waals surface area contributed by atoms with Gasteiger partial charge in [0.15, 0.2) is 0 Å². The number of aliphatic imine (C=N–C) groups is 1. The van der Waals surface area contributed by atoms with Gasteiger partial charge in [-0.25, -0.2) is 4.79 Å². The lowest BCUT2D eigenvalue weighted by molar-refractivity contribution is 0.00578. The van der Waals surface area contributed by atoms with E-state index in [1.165, 1.54) is 0 Å². The Labute approximate surface area is 187 Å². The zero-order chi connectivity index (χ0) is 23.2. The Bertz CT molecular complexity index is 855. The predicted molar refractivity (Wildman–Crippen MR) is 126 cm³/mol. The van der Waals surface area contributed by atoms with E-state index in [9.17, 15) is 4.79 Å². The molecule has 6 nitrogen and oxygen atoms in total. The van der Waals surface area contributed by atoms with Gasteiger partial charge in [0.25, 0.3) is 0 Å². The summed E-state index contributed by atoms with van der Waals surface area (Å²) in [5.41, 5.74) is 2.73. The largest absolute Gasteiger partial charge is 0.494 e. The van der Waals surface area contributed by atoms with Gasteiger partial charge in [-0.15, -0.1) is 0 Å². The highest BCUT2D eigenvalue weighted by Crippen LogP contribution is 2.37. The SMILES string of the molecule is CC(C)C[C@@H](NC(=O)OC(C)(C)C)C1=Nc2ccc(B3OC(C)(C)C(C)(C)O3)cc2C1. The number of nitrogens with zero attached hydrogens (tertiary/aromatic N) is 1. The minimum absolute atomic E-state index is 0.164. The molecule has 1 aromatic rings. The van der Waals surface area contributed by atoms with Crippen molar-refractivity contribution in [3.05, 3.63) is 23.8 Å². The van der Waals surface area contributed by atoms with Crippen LogP contribution >= 0.6 is 0 Å². The number of nitrogens with one attached hydrogen (secondary N) is 1. The van der Waals surface area contributed by atoms with E-state index in [1.807, 2.05) is 32.9 Å². The molecule has 2 aliphatic rings. The number of ether oxygens (including phenoxy) is 1. The van der Waals surface area contributed by atoms with E-state index >= 15 is 0 Å². The van der Waals surface area contributed by atoms with Crippen molar-refractivity contribution in [1.29, 1.82) is 0 Å². The molecule has 0 spiro atoms. The van der Waals surface area contributed by atoms with Crippen LogP contribution in [0.2, 0.25) is 0 Å². The summed E-state index contributed by atoms with van der Waals surface area (Å²) in [4.78, 5) is 17.3. The van der Waals surface area contributed by atoms with Crippen molar-refractivity contribution in [2.45, 2.75) is 98.0 Å². The van der Waals surface area contributed by atoms with Crippen molar-refractivity contribution in [3.8, 4) is 0 Å². The maximum absolute atomic E-state index is 12.4. The van der Waals surface area contributed by atoms with E-state index in [1.54, 1.807) is 0 Å². The molecule has 0 bridgehead atoms. The van der Waals surface area contributed by atoms with Crippen molar-refractivity contribution in [2.75, 3.05) is 0 Å². The second-order valence-corrected chi connectivity index (χ2v) is 11.1. The van der Waals surface area contributed by atoms with Gasteiger partial charge in [-0.1, -0.05) is 26.0 Å². The van der Waals surface area contributed by atoms with Crippen molar-refractivity contribution in [1.82, 2.24) is 5.32 Å². The standard InChI is InChI=1S/C24H37BN2O4/c1-15(2)12-19(27-21(28)29-22(3,4)5)20-14-16-13-17(10-11-18(16)26-20)25-30-23(6,7)24(8,9)31-25/h10-11,13,15,19H,12,14H2,1-9H3,(H,27,28)/t19-/m1/s1. The van der Waals surface area contributed by atoms with Crippen LogP contribution in [0.15, 0.2) is 23.2 Å². The Balaban J connectivity index is 1.75. The molecule has 1 atom stereocenters. The summed E-state index contributed by atoms with van der Waals surface area (Å²) < 4.78 is 17.9. The molecule has 0 saturated carbocycles. The Kier molecular flexibility index (Phi) is 6.33. The van der Waals surface area contributed by atoms with Crippen LogP contribution in [0.4, 0.5) is 10.5 Å². The van der Waals surface area contributed by atoms with Gasteiger partial charge in [0.1, 0.15) is 5.60 Å². The molecular weight excluding hydrogens is 391 g/mol. The molecule has 7 heteroatoms. The van der Waals surface area contributed by atoms with Gasteiger partial charge in [0.2, 0.25) is 0 Å². The number of hydrogen-bond acceptors (Lipinski definition) is 5. The maximum atomic E-state index is 12.4. The highest BCUT2D eigenvalue weighted by Gasteiger charge is 2.51. The van der Waals surface area contributed by atoms with Gasteiger partial charge in [-0.05, 0) is 77.9 Å². The highest BCUT2D eigenvalue weighted by atomic mass is 16.7. The summed E-state index contributed by atoms with van der Waals surface area (Å²) in [5, 5.41) is 3.03. The lowest BCUT2D eigenvalue weighted by Gasteiger charge is -2.32. The van der Waals surface area contributed by atoms with Gasteiger partial charge < -0.3 is 19.4 Å². The molecule has 1 saturated heterocycles. The molecule has 1 fully saturated rings. The quantitative estimate of drug-likeness (QED) is 0.699. The van der Waals surface area contributed by atoms with Gasteiger partial charge in [0.05, 0.1) is 22.9 Å². The topological polar surface area (TPSA) is 69.2 Å². The Morgan fingerprint density at radius 1 is 1.19 bits per heavy atom. The number of benzene rings is 1. The van der Waals surface area contributed by atoms with Gasteiger partial charge in [-0.3, -0.25) is 4.99 Å². The number of amides is 1. The van der Waals surface area contributed by atoms with E-state index in [-0.39, 0.29) is 17.2 Å². The van der Waals surface area contributed by atoms with E-state index in [0.29, 0.717) is 12.3 Å². The van der Waals surface area contributed by atoms with Gasteiger partial charge >= 0.3 is 13.2 Å². The number of carbonyl (C=O) groups excluding carboxylic acids is 1. The van der Waals surface area contributed by atoms with Crippen LogP contribution in [-0.2, 0) is 20.5 Å². The summed E-state index contributed by atoms with van der Waals surface area (Å²) >= 11 is 0. The zero-order valence-corrected chi connectivity index (χ0v) is 20.5. The molecule has 170 valence electrons. The highest BCUT2D eigenvalue weighted by molar-refractivity contribution is 6.62. The molecule has 1 aromatic carbocycles. The normalized spacial score (nSPS) is 20.5. The van der Waals surface area contributed by atoms with E-state index in [2.05, 4.69) is 52.9 Å². The van der Waals surface area contributed by atoms with Gasteiger partial charge in [-0.2, -0.15) is 0 Å². The first-order chi connectivity index (χ1) is 14.2. The summed E-state index contributed by atoms with van der Waals surface area (Å²) in [6.07, 6.45) is 1.08. The molecule has 1 N–H and O–H groups in total. The van der Waals surface area contributed by atoms with E-state index in [0.717, 1.165) is 28.8 Å². The third-order valence-corrected chi connectivity index (χ3v) is 6.06. The first kappa shape index (κ1) is 23.8. The fourth-order valence-electron chi connectivity index (χ4n) is 3.77. The molecule has 0 unspecified atom stereocenters. The molecule has 1 amide bonds. The lowest BCUT2D eigenvalue weighted by Crippen LogP contribution is -2.44. The van der Waals surface area contributed by atoms with Crippen molar-refractivity contribution in [3.63, 3.8) is 0 Å². The molecule has 3 rings (SSSR count). The lowest BCUT2D eigenvalue weighted by atomic mass is 9.78. The van der Waals surface area contributed by atoms with Crippen molar-refractivity contribution >= 4 is 30.1 Å². The molecule has 0 radical (unpaired) electrons. The second kappa shape index (κ2) is 8.25. The summed E-state index contributed by atoms with van der Waals surface area (Å²) in [6, 6.07) is 5.99.